The molecule has 0 radical (unpaired) electrons. The molecule has 0 aliphatic carbocycles. The number of amides is 1. The molecule has 2 aliphatic heterocycles. The number of anilines is 1. The number of aliphatic imine (C=N–C) groups is 1. The summed E-state index contributed by atoms with van der Waals surface area (Å²) in [7, 11) is 1.77. The van der Waals surface area contributed by atoms with Crippen molar-refractivity contribution in [3.63, 3.8) is 0 Å². The van der Waals surface area contributed by atoms with E-state index >= 15 is 0 Å². The number of hydrogen-bond donors (Lipinski definition) is 0. The number of hydrogen-bond acceptors (Lipinski definition) is 5. The van der Waals surface area contributed by atoms with E-state index in [9.17, 15) is 4.79 Å². The zero-order valence-corrected chi connectivity index (χ0v) is 18.7. The molecule has 2 saturated heterocycles. The Balaban J connectivity index is 1.32. The van der Waals surface area contributed by atoms with Crippen molar-refractivity contribution in [1.82, 2.24) is 9.47 Å². The van der Waals surface area contributed by atoms with Gasteiger partial charge in [-0.1, -0.05) is 18.2 Å². The number of carbonyl (C=O) groups excluding carboxylic acids is 1. The van der Waals surface area contributed by atoms with Crippen LogP contribution in [0.4, 0.5) is 11.4 Å². The Morgan fingerprint density at radius 1 is 0.969 bits per heavy atom. The quantitative estimate of drug-likeness (QED) is 0.554. The predicted molar refractivity (Wildman–Crippen MR) is 131 cm³/mol. The Hall–Kier alpha value is -3.29. The van der Waals surface area contributed by atoms with Crippen molar-refractivity contribution in [3.8, 4) is 5.69 Å². The van der Waals surface area contributed by atoms with Crippen molar-refractivity contribution < 1.29 is 9.53 Å². The highest BCUT2D eigenvalue weighted by atomic mass is 32.2. The number of benzene rings is 2. The van der Waals surface area contributed by atoms with E-state index < -0.39 is 0 Å². The second-order valence-electron chi connectivity index (χ2n) is 7.67. The van der Waals surface area contributed by atoms with Gasteiger partial charge in [0.2, 0.25) is 0 Å². The standard InChI is InChI=1S/C25H24N4O2S/c1-27-24(30)23(17-19-11-12-29(18-19)21-5-3-2-4-6-21)32-25(27)26-20-7-9-22(10-8-20)28-13-15-31-16-14-28/h2-12,17-18H,13-16H2,1H3/b23-17+,26-25?. The second kappa shape index (κ2) is 9.06. The average molecular weight is 445 g/mol. The molecule has 0 spiro atoms. The van der Waals surface area contributed by atoms with Crippen molar-refractivity contribution in [1.29, 1.82) is 0 Å². The van der Waals surface area contributed by atoms with E-state index in [-0.39, 0.29) is 5.91 Å². The summed E-state index contributed by atoms with van der Waals surface area (Å²) >= 11 is 1.41. The summed E-state index contributed by atoms with van der Waals surface area (Å²) in [4.78, 5) is 22.1. The monoisotopic (exact) mass is 444 g/mol. The van der Waals surface area contributed by atoms with Crippen LogP contribution >= 0.6 is 11.8 Å². The molecular weight excluding hydrogens is 420 g/mol. The largest absolute Gasteiger partial charge is 0.378 e. The third-order valence-electron chi connectivity index (χ3n) is 5.52. The zero-order chi connectivity index (χ0) is 21.9. The van der Waals surface area contributed by atoms with Gasteiger partial charge in [-0.3, -0.25) is 9.69 Å². The summed E-state index contributed by atoms with van der Waals surface area (Å²) in [6, 6.07) is 20.3. The lowest BCUT2D eigenvalue weighted by molar-refractivity contribution is -0.121. The highest BCUT2D eigenvalue weighted by Crippen LogP contribution is 2.33. The van der Waals surface area contributed by atoms with E-state index in [2.05, 4.69) is 29.2 Å². The maximum atomic E-state index is 12.8. The van der Waals surface area contributed by atoms with Crippen LogP contribution in [0, 0.1) is 0 Å². The van der Waals surface area contributed by atoms with Crippen LogP contribution in [-0.2, 0) is 9.53 Å². The van der Waals surface area contributed by atoms with Gasteiger partial charge < -0.3 is 14.2 Å². The number of thioether (sulfide) groups is 1. The number of para-hydroxylation sites is 1. The van der Waals surface area contributed by atoms with Crippen LogP contribution in [-0.4, -0.2) is 53.9 Å². The Kier molecular flexibility index (Phi) is 5.83. The molecule has 162 valence electrons. The van der Waals surface area contributed by atoms with E-state index in [1.54, 1.807) is 11.9 Å². The second-order valence-corrected chi connectivity index (χ2v) is 8.68. The molecule has 2 aliphatic rings. The maximum absolute atomic E-state index is 12.8. The first-order valence-corrected chi connectivity index (χ1v) is 11.4. The van der Waals surface area contributed by atoms with Crippen molar-refractivity contribution in [2.45, 2.75) is 0 Å². The third-order valence-corrected chi connectivity index (χ3v) is 6.58. The van der Waals surface area contributed by atoms with Gasteiger partial charge in [-0.2, -0.15) is 0 Å². The molecule has 0 saturated carbocycles. The molecule has 6 nitrogen and oxygen atoms in total. The zero-order valence-electron chi connectivity index (χ0n) is 17.8. The number of rotatable bonds is 4. The molecule has 32 heavy (non-hydrogen) atoms. The van der Waals surface area contributed by atoms with Crippen LogP contribution in [0.3, 0.4) is 0 Å². The molecule has 7 heteroatoms. The summed E-state index contributed by atoms with van der Waals surface area (Å²) in [6.45, 7) is 3.33. The Labute approximate surface area is 191 Å². The normalized spacial score (nSPS) is 19.3. The number of carbonyl (C=O) groups is 1. The Bertz CT molecular complexity index is 1160. The van der Waals surface area contributed by atoms with Crippen LogP contribution < -0.4 is 4.90 Å². The van der Waals surface area contributed by atoms with Gasteiger partial charge in [0.15, 0.2) is 5.17 Å². The van der Waals surface area contributed by atoms with Crippen LogP contribution in [0.2, 0.25) is 0 Å². The van der Waals surface area contributed by atoms with Gasteiger partial charge in [-0.05, 0) is 65.9 Å². The van der Waals surface area contributed by atoms with Crippen LogP contribution in [0.25, 0.3) is 11.8 Å². The van der Waals surface area contributed by atoms with Gasteiger partial charge in [0.1, 0.15) is 0 Å². The molecule has 0 unspecified atom stereocenters. The lowest BCUT2D eigenvalue weighted by Crippen LogP contribution is -2.36. The molecule has 3 aromatic rings. The predicted octanol–water partition coefficient (Wildman–Crippen LogP) is 4.55. The fourth-order valence-electron chi connectivity index (χ4n) is 3.73. The number of ether oxygens (including phenoxy) is 1. The number of nitrogens with zero attached hydrogens (tertiary/aromatic N) is 4. The SMILES string of the molecule is CN1C(=O)/C(=C\c2ccn(-c3ccccc3)c2)SC1=Nc1ccc(N2CCOCC2)cc1. The third kappa shape index (κ3) is 4.35. The lowest BCUT2D eigenvalue weighted by Gasteiger charge is -2.28. The minimum absolute atomic E-state index is 0.0360. The molecule has 1 aromatic heterocycles. The van der Waals surface area contributed by atoms with Gasteiger partial charge in [0.25, 0.3) is 5.91 Å². The van der Waals surface area contributed by atoms with Crippen molar-refractivity contribution in [2.75, 3.05) is 38.3 Å². The summed E-state index contributed by atoms with van der Waals surface area (Å²) in [6.07, 6.45) is 5.95. The number of morpholine rings is 1. The first-order chi connectivity index (χ1) is 15.7. The van der Waals surface area contributed by atoms with E-state index in [0.717, 1.165) is 43.2 Å². The van der Waals surface area contributed by atoms with Gasteiger partial charge in [-0.25, -0.2) is 4.99 Å². The number of amidine groups is 1. The Morgan fingerprint density at radius 2 is 1.72 bits per heavy atom. The first-order valence-electron chi connectivity index (χ1n) is 10.6. The summed E-state index contributed by atoms with van der Waals surface area (Å²) in [5, 5.41) is 0.683. The van der Waals surface area contributed by atoms with Crippen molar-refractivity contribution in [2.24, 2.45) is 4.99 Å². The van der Waals surface area contributed by atoms with Crippen molar-refractivity contribution in [3.05, 3.63) is 83.5 Å². The smallest absolute Gasteiger partial charge is 0.266 e. The summed E-state index contributed by atoms with van der Waals surface area (Å²) in [5.41, 5.74) is 4.07. The fraction of sp³-hybridized carbons (Fsp3) is 0.200. The van der Waals surface area contributed by atoms with E-state index in [1.807, 2.05) is 59.4 Å². The Morgan fingerprint density at radius 3 is 2.47 bits per heavy atom. The first kappa shape index (κ1) is 20.6. The van der Waals surface area contributed by atoms with Gasteiger partial charge >= 0.3 is 0 Å². The summed E-state index contributed by atoms with van der Waals surface area (Å²) < 4.78 is 7.47. The molecule has 5 rings (SSSR count). The number of likely N-dealkylation sites (N-methyl/N-ethyl adjacent to an activating group) is 1. The fourth-order valence-corrected chi connectivity index (χ4v) is 4.72. The number of aromatic nitrogens is 1. The molecule has 3 heterocycles. The van der Waals surface area contributed by atoms with Crippen LogP contribution in [0.5, 0.6) is 0 Å². The van der Waals surface area contributed by atoms with E-state index in [4.69, 9.17) is 9.73 Å². The molecule has 0 atom stereocenters. The molecule has 2 fully saturated rings. The van der Waals surface area contributed by atoms with Gasteiger partial charge in [-0.15, -0.1) is 0 Å². The molecule has 2 aromatic carbocycles. The molecule has 0 N–H and O–H groups in total. The highest BCUT2D eigenvalue weighted by Gasteiger charge is 2.30. The highest BCUT2D eigenvalue weighted by molar-refractivity contribution is 8.18. The van der Waals surface area contributed by atoms with Crippen molar-refractivity contribution >= 4 is 40.3 Å². The maximum Gasteiger partial charge on any atom is 0.266 e. The minimum Gasteiger partial charge on any atom is -0.378 e. The molecule has 1 amide bonds. The topological polar surface area (TPSA) is 50.1 Å². The molecular formula is C25H24N4O2S. The lowest BCUT2D eigenvalue weighted by atomic mass is 10.2. The van der Waals surface area contributed by atoms with E-state index in [0.29, 0.717) is 10.1 Å². The van der Waals surface area contributed by atoms with Gasteiger partial charge in [0, 0.05) is 43.9 Å². The van der Waals surface area contributed by atoms with E-state index in [1.165, 1.54) is 17.4 Å². The average Bonchev–Trinajstić information content (AvgIpc) is 3.42. The minimum atomic E-state index is -0.0360. The van der Waals surface area contributed by atoms with Crippen LogP contribution in [0.15, 0.2) is 83.0 Å². The van der Waals surface area contributed by atoms with Gasteiger partial charge in [0.05, 0.1) is 23.8 Å². The van der Waals surface area contributed by atoms with Crippen LogP contribution in [0.1, 0.15) is 5.56 Å². The summed E-state index contributed by atoms with van der Waals surface area (Å²) in [5.74, 6) is -0.0360. The molecule has 0 bridgehead atoms.